The molecule has 2 atom stereocenters. The molecule has 1 unspecified atom stereocenters. The molecule has 0 heterocycles. The summed E-state index contributed by atoms with van der Waals surface area (Å²) in [6.45, 7) is 4.16. The van der Waals surface area contributed by atoms with E-state index in [9.17, 15) is 9.59 Å². The molecule has 0 amide bonds. The average Bonchev–Trinajstić information content (AvgIpc) is 2.54. The van der Waals surface area contributed by atoms with Crippen LogP contribution in [0.2, 0.25) is 0 Å². The van der Waals surface area contributed by atoms with Crippen LogP contribution in [-0.2, 0) is 19.1 Å². The molecular formula is C13H20O4. The Morgan fingerprint density at radius 1 is 1.00 bits per heavy atom. The van der Waals surface area contributed by atoms with E-state index in [4.69, 9.17) is 9.47 Å². The van der Waals surface area contributed by atoms with E-state index in [1.54, 1.807) is 13.8 Å². The Kier molecular flexibility index (Phi) is 3.40. The average molecular weight is 240 g/mol. The lowest BCUT2D eigenvalue weighted by atomic mass is 9.77. The number of hydrogen-bond donors (Lipinski definition) is 0. The molecule has 2 aliphatic carbocycles. The van der Waals surface area contributed by atoms with Gasteiger partial charge in [0.05, 0.1) is 13.2 Å². The number of fused-ring (bicyclic) bond motifs is 1. The quantitative estimate of drug-likeness (QED) is 0.556. The Labute approximate surface area is 102 Å². The second kappa shape index (κ2) is 4.67. The second-order valence-electron chi connectivity index (χ2n) is 5.03. The summed E-state index contributed by atoms with van der Waals surface area (Å²) >= 11 is 0. The van der Waals surface area contributed by atoms with E-state index in [1.165, 1.54) is 0 Å². The lowest BCUT2D eigenvalue weighted by molar-refractivity contribution is -0.171. The van der Waals surface area contributed by atoms with Crippen LogP contribution >= 0.6 is 0 Å². The summed E-state index contributed by atoms with van der Waals surface area (Å²) in [7, 11) is 0. The fraction of sp³-hybridized carbons (Fsp3) is 0.846. The minimum absolute atomic E-state index is 0.315. The molecule has 4 nitrogen and oxygen atoms in total. The second-order valence-corrected chi connectivity index (χ2v) is 5.03. The van der Waals surface area contributed by atoms with Crippen LogP contribution < -0.4 is 0 Å². The van der Waals surface area contributed by atoms with Gasteiger partial charge in [0.25, 0.3) is 0 Å². The van der Waals surface area contributed by atoms with Gasteiger partial charge in [-0.15, -0.1) is 0 Å². The molecule has 0 aromatic heterocycles. The van der Waals surface area contributed by atoms with E-state index >= 15 is 0 Å². The van der Waals surface area contributed by atoms with Crippen molar-refractivity contribution in [2.45, 2.75) is 39.5 Å². The molecule has 0 aromatic rings. The van der Waals surface area contributed by atoms with Gasteiger partial charge in [-0.2, -0.15) is 0 Å². The van der Waals surface area contributed by atoms with Crippen LogP contribution in [0, 0.1) is 17.3 Å². The van der Waals surface area contributed by atoms with Crippen LogP contribution in [0.5, 0.6) is 0 Å². The predicted octanol–water partition coefficient (Wildman–Crippen LogP) is 1.92. The summed E-state index contributed by atoms with van der Waals surface area (Å²) in [5, 5.41) is 0. The Balaban J connectivity index is 2.17. The fourth-order valence-corrected chi connectivity index (χ4v) is 3.11. The SMILES string of the molecule is CCOC(=O)C1(C(=O)OCC)CC2CC[C@@H]2C1. The third kappa shape index (κ3) is 1.94. The van der Waals surface area contributed by atoms with Crippen molar-refractivity contribution in [3.05, 3.63) is 0 Å². The van der Waals surface area contributed by atoms with Crippen LogP contribution in [0.4, 0.5) is 0 Å². The zero-order valence-electron chi connectivity index (χ0n) is 10.5. The van der Waals surface area contributed by atoms with E-state index < -0.39 is 5.41 Å². The van der Waals surface area contributed by atoms with E-state index in [2.05, 4.69) is 0 Å². The highest BCUT2D eigenvalue weighted by Crippen LogP contribution is 2.56. The maximum absolute atomic E-state index is 12.1. The van der Waals surface area contributed by atoms with Crippen molar-refractivity contribution >= 4 is 11.9 Å². The fourth-order valence-electron chi connectivity index (χ4n) is 3.11. The number of rotatable bonds is 4. The summed E-state index contributed by atoms with van der Waals surface area (Å²) in [4.78, 5) is 24.2. The minimum Gasteiger partial charge on any atom is -0.465 e. The van der Waals surface area contributed by atoms with Gasteiger partial charge in [-0.25, -0.2) is 0 Å². The first-order valence-electron chi connectivity index (χ1n) is 6.48. The van der Waals surface area contributed by atoms with Crippen molar-refractivity contribution in [3.8, 4) is 0 Å². The van der Waals surface area contributed by atoms with Gasteiger partial charge in [-0.1, -0.05) is 0 Å². The molecule has 0 spiro atoms. The van der Waals surface area contributed by atoms with E-state index in [0.29, 0.717) is 37.9 Å². The number of carbonyl (C=O) groups excluding carboxylic acids is 2. The highest BCUT2D eigenvalue weighted by Gasteiger charge is 2.59. The molecule has 2 rings (SSSR count). The van der Waals surface area contributed by atoms with E-state index in [0.717, 1.165) is 12.8 Å². The highest BCUT2D eigenvalue weighted by molar-refractivity contribution is 6.00. The van der Waals surface area contributed by atoms with E-state index in [1.807, 2.05) is 0 Å². The predicted molar refractivity (Wildman–Crippen MR) is 61.1 cm³/mol. The van der Waals surface area contributed by atoms with Gasteiger partial charge in [0.1, 0.15) is 0 Å². The van der Waals surface area contributed by atoms with Crippen molar-refractivity contribution in [3.63, 3.8) is 0 Å². The van der Waals surface area contributed by atoms with Crippen molar-refractivity contribution < 1.29 is 19.1 Å². The molecular weight excluding hydrogens is 220 g/mol. The summed E-state index contributed by atoms with van der Waals surface area (Å²) in [6.07, 6.45) is 3.50. The van der Waals surface area contributed by atoms with Crippen LogP contribution in [0.25, 0.3) is 0 Å². The van der Waals surface area contributed by atoms with E-state index in [-0.39, 0.29) is 11.9 Å². The standard InChI is InChI=1S/C13H20O4/c1-3-16-11(14)13(12(15)17-4-2)7-9-5-6-10(9)8-13/h9-10H,3-8H2,1-2H3/t9-,10?/m1/s1. The smallest absolute Gasteiger partial charge is 0.323 e. The molecule has 0 saturated heterocycles. The Morgan fingerprint density at radius 3 is 1.71 bits per heavy atom. The summed E-state index contributed by atoms with van der Waals surface area (Å²) in [5.74, 6) is 0.272. The Morgan fingerprint density at radius 2 is 1.41 bits per heavy atom. The zero-order chi connectivity index (χ0) is 12.5. The van der Waals surface area contributed by atoms with Gasteiger partial charge >= 0.3 is 11.9 Å². The van der Waals surface area contributed by atoms with Crippen LogP contribution in [-0.4, -0.2) is 25.2 Å². The maximum Gasteiger partial charge on any atom is 0.323 e. The first-order valence-corrected chi connectivity index (χ1v) is 6.48. The first-order chi connectivity index (χ1) is 8.14. The molecule has 0 N–H and O–H groups in total. The lowest BCUT2D eigenvalue weighted by Gasteiger charge is -2.29. The zero-order valence-corrected chi connectivity index (χ0v) is 10.5. The number of hydrogen-bond acceptors (Lipinski definition) is 4. The number of carbonyl (C=O) groups is 2. The van der Waals surface area contributed by atoms with Crippen molar-refractivity contribution in [2.75, 3.05) is 13.2 Å². The van der Waals surface area contributed by atoms with Gasteiger partial charge < -0.3 is 9.47 Å². The molecule has 0 bridgehead atoms. The largest absolute Gasteiger partial charge is 0.465 e. The Bertz CT molecular complexity index is 291. The summed E-state index contributed by atoms with van der Waals surface area (Å²) in [5.41, 5.74) is -1.00. The lowest BCUT2D eigenvalue weighted by Crippen LogP contribution is -2.40. The van der Waals surface area contributed by atoms with Crippen LogP contribution in [0.3, 0.4) is 0 Å². The van der Waals surface area contributed by atoms with Gasteiger partial charge in [-0.3, -0.25) is 9.59 Å². The minimum atomic E-state index is -1.00. The van der Waals surface area contributed by atoms with Crippen molar-refractivity contribution in [2.24, 2.45) is 17.3 Å². The molecule has 0 radical (unpaired) electrons. The number of esters is 2. The van der Waals surface area contributed by atoms with Gasteiger partial charge in [-0.05, 0) is 51.4 Å². The highest BCUT2D eigenvalue weighted by atomic mass is 16.6. The monoisotopic (exact) mass is 240 g/mol. The molecule has 4 heteroatoms. The third-order valence-electron chi connectivity index (χ3n) is 4.13. The van der Waals surface area contributed by atoms with Crippen LogP contribution in [0.15, 0.2) is 0 Å². The maximum atomic E-state index is 12.1. The van der Waals surface area contributed by atoms with Crippen LogP contribution in [0.1, 0.15) is 39.5 Å². The summed E-state index contributed by atoms with van der Waals surface area (Å²) in [6, 6.07) is 0. The third-order valence-corrected chi connectivity index (χ3v) is 4.13. The first kappa shape index (κ1) is 12.4. The van der Waals surface area contributed by atoms with Gasteiger partial charge in [0.2, 0.25) is 0 Å². The van der Waals surface area contributed by atoms with Crippen molar-refractivity contribution in [1.82, 2.24) is 0 Å². The molecule has 2 fully saturated rings. The molecule has 17 heavy (non-hydrogen) atoms. The Hall–Kier alpha value is -1.06. The molecule has 0 aliphatic heterocycles. The van der Waals surface area contributed by atoms with Gasteiger partial charge in [0, 0.05) is 0 Å². The van der Waals surface area contributed by atoms with Crippen molar-refractivity contribution in [1.29, 1.82) is 0 Å². The normalized spacial score (nSPS) is 29.1. The topological polar surface area (TPSA) is 52.6 Å². The summed E-state index contributed by atoms with van der Waals surface area (Å²) < 4.78 is 10.2. The molecule has 96 valence electrons. The molecule has 2 aliphatic rings. The number of ether oxygens (including phenoxy) is 2. The van der Waals surface area contributed by atoms with Gasteiger partial charge in [0.15, 0.2) is 5.41 Å². The molecule has 0 aromatic carbocycles. The molecule has 2 saturated carbocycles.